The lowest BCUT2D eigenvalue weighted by atomic mass is 9.95. The zero-order chi connectivity index (χ0) is 16.5. The first kappa shape index (κ1) is 18.4. The van der Waals surface area contributed by atoms with Gasteiger partial charge in [-0.1, -0.05) is 18.2 Å². The van der Waals surface area contributed by atoms with E-state index < -0.39 is 0 Å². The van der Waals surface area contributed by atoms with E-state index in [1.807, 2.05) is 24.3 Å². The maximum absolute atomic E-state index is 12.1. The topological polar surface area (TPSA) is 74.8 Å². The van der Waals surface area contributed by atoms with Crippen LogP contribution in [0.5, 0.6) is 0 Å². The van der Waals surface area contributed by atoms with E-state index in [1.54, 1.807) is 7.05 Å². The predicted molar refractivity (Wildman–Crippen MR) is 109 cm³/mol. The van der Waals surface area contributed by atoms with Gasteiger partial charge in [0.1, 0.15) is 0 Å². The Morgan fingerprint density at radius 3 is 2.92 bits per heavy atom. The summed E-state index contributed by atoms with van der Waals surface area (Å²) >= 11 is 0. The molecule has 25 heavy (non-hydrogen) atoms. The fraction of sp³-hybridized carbons (Fsp3) is 0.556. The summed E-state index contributed by atoms with van der Waals surface area (Å²) in [6.07, 6.45) is 4.87. The molecule has 7 heteroatoms. The second kappa shape index (κ2) is 7.90. The fourth-order valence-corrected chi connectivity index (χ4v) is 4.06. The molecule has 136 valence electrons. The maximum Gasteiger partial charge on any atom is 0.232 e. The molecule has 0 radical (unpaired) electrons. The van der Waals surface area contributed by atoms with E-state index in [0.717, 1.165) is 36.5 Å². The molecule has 0 spiro atoms. The predicted octanol–water partition coefficient (Wildman–Crippen LogP) is 2.22. The van der Waals surface area contributed by atoms with Crippen molar-refractivity contribution in [2.45, 2.75) is 49.9 Å². The number of nitrogens with one attached hydrogen (secondary N) is 3. The third-order valence-corrected chi connectivity index (χ3v) is 5.29. The van der Waals surface area contributed by atoms with Gasteiger partial charge in [-0.2, -0.15) is 0 Å². The average Bonchev–Trinajstić information content (AvgIpc) is 3.28. The SMILES string of the molecule is CN=C(NCCC1C(=O)Nc2ccccc21)NC1CC2CCC1O2.I. The van der Waals surface area contributed by atoms with E-state index >= 15 is 0 Å². The molecule has 3 aliphatic rings. The van der Waals surface area contributed by atoms with Crippen LogP contribution in [0.4, 0.5) is 5.69 Å². The first-order valence-corrected chi connectivity index (χ1v) is 8.77. The molecule has 4 rings (SSSR count). The Labute approximate surface area is 165 Å². The molecule has 2 bridgehead atoms. The number of anilines is 1. The number of guanidine groups is 1. The minimum absolute atomic E-state index is 0. The number of fused-ring (bicyclic) bond motifs is 3. The summed E-state index contributed by atoms with van der Waals surface area (Å²) in [6, 6.07) is 8.26. The summed E-state index contributed by atoms with van der Waals surface area (Å²) < 4.78 is 5.87. The van der Waals surface area contributed by atoms with Gasteiger partial charge in [-0.3, -0.25) is 9.79 Å². The monoisotopic (exact) mass is 456 g/mol. The van der Waals surface area contributed by atoms with E-state index in [-0.39, 0.29) is 35.8 Å². The van der Waals surface area contributed by atoms with Crippen molar-refractivity contribution in [2.24, 2.45) is 4.99 Å². The number of hydrogen-bond acceptors (Lipinski definition) is 3. The number of halogens is 1. The van der Waals surface area contributed by atoms with Gasteiger partial charge < -0.3 is 20.7 Å². The number of carbonyl (C=O) groups excluding carboxylic acids is 1. The number of hydrogen-bond donors (Lipinski definition) is 3. The Balaban J connectivity index is 0.00000182. The number of rotatable bonds is 4. The number of amides is 1. The summed E-state index contributed by atoms with van der Waals surface area (Å²) in [5.41, 5.74) is 2.03. The van der Waals surface area contributed by atoms with Gasteiger partial charge >= 0.3 is 0 Å². The van der Waals surface area contributed by atoms with Crippen LogP contribution < -0.4 is 16.0 Å². The number of nitrogens with zero attached hydrogens (tertiary/aromatic N) is 1. The first-order valence-electron chi connectivity index (χ1n) is 8.77. The Morgan fingerprint density at radius 1 is 1.36 bits per heavy atom. The van der Waals surface area contributed by atoms with E-state index in [4.69, 9.17) is 4.74 Å². The molecule has 2 fully saturated rings. The number of ether oxygens (including phenoxy) is 1. The van der Waals surface area contributed by atoms with Crippen molar-refractivity contribution in [3.8, 4) is 0 Å². The number of benzene rings is 1. The quantitative estimate of drug-likeness (QED) is 0.369. The zero-order valence-corrected chi connectivity index (χ0v) is 16.7. The highest BCUT2D eigenvalue weighted by Gasteiger charge is 2.41. The van der Waals surface area contributed by atoms with Gasteiger partial charge in [0.15, 0.2) is 5.96 Å². The van der Waals surface area contributed by atoms with E-state index in [2.05, 4.69) is 20.9 Å². The lowest BCUT2D eigenvalue weighted by Crippen LogP contribution is -2.47. The Hall–Kier alpha value is -1.35. The third kappa shape index (κ3) is 3.76. The Morgan fingerprint density at radius 2 is 2.20 bits per heavy atom. The summed E-state index contributed by atoms with van der Waals surface area (Å²) in [6.45, 7) is 0.702. The normalized spacial score (nSPS) is 29.8. The van der Waals surface area contributed by atoms with Crippen molar-refractivity contribution in [3.63, 3.8) is 0 Å². The molecule has 6 nitrogen and oxygen atoms in total. The van der Waals surface area contributed by atoms with Crippen LogP contribution in [0.25, 0.3) is 0 Å². The minimum Gasteiger partial charge on any atom is -0.373 e. The summed E-state index contributed by atoms with van der Waals surface area (Å²) in [4.78, 5) is 16.4. The zero-order valence-electron chi connectivity index (χ0n) is 14.3. The molecule has 2 saturated heterocycles. The second-order valence-corrected chi connectivity index (χ2v) is 6.78. The van der Waals surface area contributed by atoms with E-state index in [9.17, 15) is 4.79 Å². The highest BCUT2D eigenvalue weighted by atomic mass is 127. The molecule has 3 heterocycles. The maximum atomic E-state index is 12.1. The Kier molecular flexibility index (Phi) is 5.83. The molecule has 0 saturated carbocycles. The van der Waals surface area contributed by atoms with Crippen LogP contribution in [0, 0.1) is 0 Å². The summed E-state index contributed by atoms with van der Waals surface area (Å²) in [5, 5.41) is 9.75. The van der Waals surface area contributed by atoms with E-state index in [1.165, 1.54) is 6.42 Å². The number of carbonyl (C=O) groups is 1. The molecule has 0 aliphatic carbocycles. The summed E-state index contributed by atoms with van der Waals surface area (Å²) in [7, 11) is 1.78. The van der Waals surface area contributed by atoms with Gasteiger partial charge in [0.05, 0.1) is 24.2 Å². The van der Waals surface area contributed by atoms with Gasteiger partial charge in [-0.25, -0.2) is 0 Å². The van der Waals surface area contributed by atoms with Gasteiger partial charge in [-0.15, -0.1) is 24.0 Å². The lowest BCUT2D eigenvalue weighted by Gasteiger charge is -2.23. The number of para-hydroxylation sites is 1. The standard InChI is InChI=1S/C18H24N4O2.HI/c1-19-18(22-15-10-11-6-7-16(15)24-11)20-9-8-13-12-4-2-3-5-14(12)21-17(13)23;/h2-5,11,13,15-16H,6-10H2,1H3,(H,21,23)(H2,19,20,22);1H. The molecule has 4 unspecified atom stereocenters. The van der Waals surface area contributed by atoms with Crippen LogP contribution in [-0.4, -0.2) is 43.7 Å². The number of aliphatic imine (C=N–C) groups is 1. The molecular formula is C18H25IN4O2. The fourth-order valence-electron chi connectivity index (χ4n) is 4.06. The molecule has 1 aromatic rings. The van der Waals surface area contributed by atoms with Crippen LogP contribution in [0.2, 0.25) is 0 Å². The minimum atomic E-state index is -0.0855. The smallest absolute Gasteiger partial charge is 0.232 e. The van der Waals surface area contributed by atoms with Gasteiger partial charge in [0, 0.05) is 19.3 Å². The van der Waals surface area contributed by atoms with Gasteiger partial charge in [-0.05, 0) is 37.3 Å². The average molecular weight is 456 g/mol. The summed E-state index contributed by atoms with van der Waals surface area (Å²) in [5.74, 6) is 0.794. The van der Waals surface area contributed by atoms with Crippen molar-refractivity contribution in [3.05, 3.63) is 29.8 Å². The van der Waals surface area contributed by atoms with Gasteiger partial charge in [0.25, 0.3) is 0 Å². The highest BCUT2D eigenvalue weighted by molar-refractivity contribution is 14.0. The van der Waals surface area contributed by atoms with Crippen molar-refractivity contribution < 1.29 is 9.53 Å². The molecule has 1 aromatic carbocycles. The highest BCUT2D eigenvalue weighted by Crippen LogP contribution is 2.35. The molecule has 3 N–H and O–H groups in total. The molecule has 0 aromatic heterocycles. The van der Waals surface area contributed by atoms with Crippen molar-refractivity contribution in [1.82, 2.24) is 10.6 Å². The van der Waals surface area contributed by atoms with Crippen LogP contribution in [0.1, 0.15) is 37.2 Å². The molecule has 4 atom stereocenters. The largest absolute Gasteiger partial charge is 0.373 e. The molecule has 3 aliphatic heterocycles. The lowest BCUT2D eigenvalue weighted by molar-refractivity contribution is -0.117. The Bertz CT molecular complexity index is 666. The van der Waals surface area contributed by atoms with Crippen LogP contribution in [0.3, 0.4) is 0 Å². The van der Waals surface area contributed by atoms with E-state index in [0.29, 0.717) is 24.8 Å². The van der Waals surface area contributed by atoms with Crippen molar-refractivity contribution in [1.29, 1.82) is 0 Å². The van der Waals surface area contributed by atoms with Crippen LogP contribution in [0.15, 0.2) is 29.3 Å². The molecular weight excluding hydrogens is 431 g/mol. The van der Waals surface area contributed by atoms with Crippen molar-refractivity contribution in [2.75, 3.05) is 18.9 Å². The first-order chi connectivity index (χ1) is 11.7. The van der Waals surface area contributed by atoms with Gasteiger partial charge in [0.2, 0.25) is 5.91 Å². The second-order valence-electron chi connectivity index (χ2n) is 6.78. The van der Waals surface area contributed by atoms with Crippen molar-refractivity contribution >= 4 is 41.5 Å². The third-order valence-electron chi connectivity index (χ3n) is 5.29. The van der Waals surface area contributed by atoms with Crippen LogP contribution in [-0.2, 0) is 9.53 Å². The van der Waals surface area contributed by atoms with Crippen LogP contribution >= 0.6 is 24.0 Å². The molecule has 1 amide bonds.